The molecule has 3 fully saturated rings. The minimum absolute atomic E-state index is 0.0974. The predicted octanol–water partition coefficient (Wildman–Crippen LogP) is 1.12. The van der Waals surface area contributed by atoms with Gasteiger partial charge in [0.2, 0.25) is 15.9 Å². The number of piperidine rings is 1. The van der Waals surface area contributed by atoms with Crippen molar-refractivity contribution in [3.05, 3.63) is 0 Å². The normalized spacial score (nSPS) is 29.5. The lowest BCUT2D eigenvalue weighted by Gasteiger charge is -2.46. The summed E-state index contributed by atoms with van der Waals surface area (Å²) in [6.07, 6.45) is 6.74. The minimum Gasteiger partial charge on any atom is -0.375 e. The zero-order chi connectivity index (χ0) is 16.7. The summed E-state index contributed by atoms with van der Waals surface area (Å²) in [6, 6.07) is 0. The highest BCUT2D eigenvalue weighted by Crippen LogP contribution is 2.47. The molecule has 0 aromatic rings. The summed E-state index contributed by atoms with van der Waals surface area (Å²) in [5.41, 5.74) is -0.261. The Morgan fingerprint density at radius 3 is 2.48 bits per heavy atom. The van der Waals surface area contributed by atoms with E-state index in [2.05, 4.69) is 11.6 Å². The van der Waals surface area contributed by atoms with Gasteiger partial charge in [0, 0.05) is 31.7 Å². The van der Waals surface area contributed by atoms with Gasteiger partial charge < -0.3 is 9.64 Å². The molecule has 2 saturated heterocycles. The van der Waals surface area contributed by atoms with Gasteiger partial charge >= 0.3 is 0 Å². The summed E-state index contributed by atoms with van der Waals surface area (Å²) in [4.78, 5) is 14.4. The predicted molar refractivity (Wildman–Crippen MR) is 87.4 cm³/mol. The lowest BCUT2D eigenvalue weighted by molar-refractivity contribution is -0.150. The molecule has 7 heteroatoms. The molecule has 3 rings (SSSR count). The fourth-order valence-corrected chi connectivity index (χ4v) is 4.36. The van der Waals surface area contributed by atoms with E-state index in [-0.39, 0.29) is 11.0 Å². The number of hydrogen-bond acceptors (Lipinski definition) is 4. The third-order valence-electron chi connectivity index (χ3n) is 5.71. The number of sulfonamides is 1. The highest BCUT2D eigenvalue weighted by atomic mass is 32.2. The Bertz CT molecular complexity index is 563. The van der Waals surface area contributed by atoms with Gasteiger partial charge in [-0.1, -0.05) is 6.92 Å². The maximum atomic E-state index is 12.4. The first kappa shape index (κ1) is 17.2. The highest BCUT2D eigenvalue weighted by molar-refractivity contribution is 7.88. The molecule has 1 spiro atoms. The second-order valence-corrected chi connectivity index (χ2v) is 9.70. The zero-order valence-corrected chi connectivity index (χ0v) is 15.0. The zero-order valence-electron chi connectivity index (χ0n) is 14.1. The molecular weight excluding hydrogens is 316 g/mol. The van der Waals surface area contributed by atoms with Gasteiger partial charge in [-0.05, 0) is 44.4 Å². The van der Waals surface area contributed by atoms with Gasteiger partial charge in [0.25, 0.3) is 0 Å². The van der Waals surface area contributed by atoms with Crippen molar-refractivity contribution in [1.82, 2.24) is 9.62 Å². The van der Waals surface area contributed by atoms with Crippen molar-refractivity contribution in [3.8, 4) is 0 Å². The Kier molecular flexibility index (Phi) is 4.48. The van der Waals surface area contributed by atoms with E-state index in [4.69, 9.17) is 4.74 Å². The number of ether oxygens (including phenoxy) is 1. The van der Waals surface area contributed by atoms with Crippen LogP contribution >= 0.6 is 0 Å². The summed E-state index contributed by atoms with van der Waals surface area (Å²) < 4.78 is 31.2. The van der Waals surface area contributed by atoms with Gasteiger partial charge in [-0.3, -0.25) is 4.79 Å². The number of carbonyl (C=O) groups is 1. The van der Waals surface area contributed by atoms with Crippen LogP contribution < -0.4 is 4.72 Å². The number of carbonyl (C=O) groups excluding carboxylic acids is 1. The standard InChI is InChI=1S/C16H28N2O4S/c1-15(4-5-15)14(19)18-8-6-16(7-9-18)11-13(3-10-22-16)12-17-23(2,20)21/h13,17H,3-12H2,1-2H3. The van der Waals surface area contributed by atoms with Gasteiger partial charge in [-0.25, -0.2) is 13.1 Å². The second-order valence-electron chi connectivity index (χ2n) is 7.86. The first-order valence-electron chi connectivity index (χ1n) is 8.59. The fourth-order valence-electron chi connectivity index (χ4n) is 3.82. The molecule has 3 aliphatic rings. The quantitative estimate of drug-likeness (QED) is 0.829. The van der Waals surface area contributed by atoms with E-state index in [1.165, 1.54) is 6.26 Å². The SMILES string of the molecule is CC1(C(=O)N2CCC3(CC2)CC(CNS(C)(=O)=O)CCO3)CC1. The third kappa shape index (κ3) is 4.06. The van der Waals surface area contributed by atoms with Gasteiger partial charge in [0.1, 0.15) is 0 Å². The Hall–Kier alpha value is -0.660. The van der Waals surface area contributed by atoms with Crippen LogP contribution in [0.4, 0.5) is 0 Å². The van der Waals surface area contributed by atoms with Crippen LogP contribution in [0.2, 0.25) is 0 Å². The molecule has 1 amide bonds. The van der Waals surface area contributed by atoms with E-state index < -0.39 is 10.0 Å². The van der Waals surface area contributed by atoms with Crippen LogP contribution in [0.3, 0.4) is 0 Å². The smallest absolute Gasteiger partial charge is 0.228 e. The van der Waals surface area contributed by atoms with E-state index in [1.54, 1.807) is 0 Å². The first-order valence-corrected chi connectivity index (χ1v) is 10.5. The number of nitrogens with one attached hydrogen (secondary N) is 1. The van der Waals surface area contributed by atoms with Crippen LogP contribution in [0.15, 0.2) is 0 Å². The van der Waals surface area contributed by atoms with Crippen LogP contribution in [-0.2, 0) is 19.6 Å². The van der Waals surface area contributed by atoms with E-state index in [0.29, 0.717) is 25.0 Å². The number of nitrogens with zero attached hydrogens (tertiary/aromatic N) is 1. The summed E-state index contributed by atoms with van der Waals surface area (Å²) in [6.45, 7) is 4.76. The largest absolute Gasteiger partial charge is 0.375 e. The molecule has 23 heavy (non-hydrogen) atoms. The van der Waals surface area contributed by atoms with Gasteiger partial charge in [-0.2, -0.15) is 0 Å². The third-order valence-corrected chi connectivity index (χ3v) is 6.40. The molecule has 2 aliphatic heterocycles. The van der Waals surface area contributed by atoms with Crippen molar-refractivity contribution >= 4 is 15.9 Å². The monoisotopic (exact) mass is 344 g/mol. The molecule has 0 aromatic carbocycles. The summed E-state index contributed by atoms with van der Waals surface area (Å²) in [5.74, 6) is 0.625. The van der Waals surface area contributed by atoms with E-state index >= 15 is 0 Å². The first-order chi connectivity index (χ1) is 10.7. The van der Waals surface area contributed by atoms with Gasteiger partial charge in [0.05, 0.1) is 11.9 Å². The molecule has 2 heterocycles. The lowest BCUT2D eigenvalue weighted by Crippen LogP contribution is -2.52. The fraction of sp³-hybridized carbons (Fsp3) is 0.938. The van der Waals surface area contributed by atoms with Crippen LogP contribution in [0, 0.1) is 11.3 Å². The summed E-state index contributed by atoms with van der Waals surface area (Å²) in [5, 5.41) is 0. The average molecular weight is 344 g/mol. The second kappa shape index (κ2) is 6.01. The Morgan fingerprint density at radius 1 is 1.26 bits per heavy atom. The molecule has 0 bridgehead atoms. The Balaban J connectivity index is 1.53. The minimum atomic E-state index is -3.14. The maximum absolute atomic E-state index is 12.4. The molecular formula is C16H28N2O4S. The van der Waals surface area contributed by atoms with Crippen molar-refractivity contribution in [1.29, 1.82) is 0 Å². The van der Waals surface area contributed by atoms with E-state index in [9.17, 15) is 13.2 Å². The van der Waals surface area contributed by atoms with Crippen molar-refractivity contribution in [2.24, 2.45) is 11.3 Å². The highest BCUT2D eigenvalue weighted by Gasteiger charge is 2.49. The van der Waals surface area contributed by atoms with Gasteiger partial charge in [0.15, 0.2) is 0 Å². The van der Waals surface area contributed by atoms with E-state index in [0.717, 1.165) is 51.6 Å². The lowest BCUT2D eigenvalue weighted by atomic mass is 9.79. The summed E-state index contributed by atoms with van der Waals surface area (Å²) in [7, 11) is -3.14. The van der Waals surface area contributed by atoms with Gasteiger partial charge in [-0.15, -0.1) is 0 Å². The molecule has 1 unspecified atom stereocenters. The number of amides is 1. The van der Waals surface area contributed by atoms with E-state index in [1.807, 2.05) is 4.90 Å². The van der Waals surface area contributed by atoms with Crippen molar-refractivity contribution < 1.29 is 17.9 Å². The van der Waals surface area contributed by atoms with Crippen LogP contribution in [0.25, 0.3) is 0 Å². The molecule has 132 valence electrons. The van der Waals surface area contributed by atoms with Crippen LogP contribution in [0.1, 0.15) is 45.4 Å². The summed E-state index contributed by atoms with van der Waals surface area (Å²) >= 11 is 0. The average Bonchev–Trinajstić information content (AvgIpc) is 3.24. The molecule has 6 nitrogen and oxygen atoms in total. The van der Waals surface area contributed by atoms with Crippen molar-refractivity contribution in [2.45, 2.75) is 51.0 Å². The maximum Gasteiger partial charge on any atom is 0.228 e. The molecule has 1 aliphatic carbocycles. The molecule has 0 aromatic heterocycles. The van der Waals surface area contributed by atoms with Crippen molar-refractivity contribution in [3.63, 3.8) is 0 Å². The van der Waals surface area contributed by atoms with Crippen LogP contribution in [0.5, 0.6) is 0 Å². The molecule has 1 atom stereocenters. The Morgan fingerprint density at radius 2 is 1.91 bits per heavy atom. The van der Waals surface area contributed by atoms with Crippen molar-refractivity contribution in [2.75, 3.05) is 32.5 Å². The molecule has 0 radical (unpaired) electrons. The number of hydrogen-bond donors (Lipinski definition) is 1. The molecule has 1 saturated carbocycles. The Labute approximate surface area is 139 Å². The number of likely N-dealkylation sites (tertiary alicyclic amines) is 1. The number of rotatable bonds is 4. The topological polar surface area (TPSA) is 75.7 Å². The molecule has 1 N–H and O–H groups in total. The van der Waals surface area contributed by atoms with Crippen LogP contribution in [-0.4, -0.2) is 57.3 Å².